The van der Waals surface area contributed by atoms with Gasteiger partial charge in [-0.2, -0.15) is 0 Å². The monoisotopic (exact) mass is 349 g/mol. The van der Waals surface area contributed by atoms with Gasteiger partial charge in [0.15, 0.2) is 0 Å². The van der Waals surface area contributed by atoms with Gasteiger partial charge in [0.05, 0.1) is 23.2 Å². The molecule has 0 amide bonds. The highest BCUT2D eigenvalue weighted by atomic mass is 16.5. The highest BCUT2D eigenvalue weighted by Crippen LogP contribution is 2.37. The van der Waals surface area contributed by atoms with Crippen LogP contribution in [0.3, 0.4) is 0 Å². The number of benzene rings is 2. The van der Waals surface area contributed by atoms with E-state index in [2.05, 4.69) is 4.57 Å². The number of hydrogen-bond donors (Lipinski definition) is 1. The van der Waals surface area contributed by atoms with Crippen LogP contribution in [0.5, 0.6) is 0 Å². The number of hydrogen-bond acceptors (Lipinski definition) is 4. The molecule has 0 unspecified atom stereocenters. The maximum Gasteiger partial charge on any atom is 0.338 e. The molecular formula is C21H23N3O2. The van der Waals surface area contributed by atoms with Crippen molar-refractivity contribution in [3.05, 3.63) is 48.0 Å². The van der Waals surface area contributed by atoms with E-state index in [9.17, 15) is 4.79 Å². The zero-order chi connectivity index (χ0) is 18.1. The second-order valence-electron chi connectivity index (χ2n) is 6.79. The molecule has 1 aromatic heterocycles. The summed E-state index contributed by atoms with van der Waals surface area (Å²) in [6.07, 6.45) is 4.80. The van der Waals surface area contributed by atoms with Crippen LogP contribution < -0.4 is 5.73 Å². The Hall–Kier alpha value is -2.82. The molecular weight excluding hydrogens is 326 g/mol. The van der Waals surface area contributed by atoms with Crippen LogP contribution in [0.25, 0.3) is 22.4 Å². The zero-order valence-electron chi connectivity index (χ0n) is 14.9. The first-order valence-corrected chi connectivity index (χ1v) is 9.22. The third-order valence-electron chi connectivity index (χ3n) is 5.06. The summed E-state index contributed by atoms with van der Waals surface area (Å²) < 4.78 is 7.46. The van der Waals surface area contributed by atoms with Gasteiger partial charge in [-0.15, -0.1) is 0 Å². The normalized spacial score (nSPS) is 14.8. The van der Waals surface area contributed by atoms with Gasteiger partial charge in [0.2, 0.25) is 0 Å². The van der Waals surface area contributed by atoms with Crippen molar-refractivity contribution in [2.24, 2.45) is 0 Å². The lowest BCUT2D eigenvalue weighted by atomic mass is 10.1. The number of carbonyl (C=O) groups excluding carboxylic acids is 1. The van der Waals surface area contributed by atoms with Crippen molar-refractivity contribution in [3.8, 4) is 11.4 Å². The Labute approximate surface area is 152 Å². The van der Waals surface area contributed by atoms with Gasteiger partial charge in [0.1, 0.15) is 5.82 Å². The van der Waals surface area contributed by atoms with E-state index < -0.39 is 0 Å². The number of ether oxygens (including phenoxy) is 1. The van der Waals surface area contributed by atoms with Gasteiger partial charge < -0.3 is 15.0 Å². The lowest BCUT2D eigenvalue weighted by Crippen LogP contribution is -2.07. The molecule has 3 aromatic rings. The standard InChI is InChI=1S/C21H23N3O2/c1-2-26-21(25)15-9-12-19-18(13-15)23-20(14-7-10-16(22)11-8-14)24(19)17-5-3-4-6-17/h7-13,17H,2-6,22H2,1H3. The summed E-state index contributed by atoms with van der Waals surface area (Å²) in [4.78, 5) is 16.9. The first kappa shape index (κ1) is 16.6. The van der Waals surface area contributed by atoms with Crippen LogP contribution in [-0.2, 0) is 4.74 Å². The minimum atomic E-state index is -0.307. The Bertz CT molecular complexity index is 938. The molecule has 134 valence electrons. The molecule has 2 N–H and O–H groups in total. The second kappa shape index (κ2) is 6.83. The molecule has 5 nitrogen and oxygen atoms in total. The number of imidazole rings is 1. The number of fused-ring (bicyclic) bond motifs is 1. The second-order valence-corrected chi connectivity index (χ2v) is 6.79. The van der Waals surface area contributed by atoms with Gasteiger partial charge in [0.25, 0.3) is 0 Å². The van der Waals surface area contributed by atoms with E-state index in [1.165, 1.54) is 12.8 Å². The lowest BCUT2D eigenvalue weighted by molar-refractivity contribution is 0.0526. The molecule has 1 aliphatic rings. The predicted molar refractivity (Wildman–Crippen MR) is 103 cm³/mol. The van der Waals surface area contributed by atoms with Gasteiger partial charge in [-0.3, -0.25) is 0 Å². The van der Waals surface area contributed by atoms with Crippen LogP contribution in [0.2, 0.25) is 0 Å². The van der Waals surface area contributed by atoms with Crippen molar-refractivity contribution >= 4 is 22.7 Å². The number of carbonyl (C=O) groups is 1. The number of nitrogen functional groups attached to an aromatic ring is 1. The molecule has 0 radical (unpaired) electrons. The Morgan fingerprint density at radius 3 is 2.62 bits per heavy atom. The predicted octanol–water partition coefficient (Wildman–Crippen LogP) is 4.58. The van der Waals surface area contributed by atoms with Gasteiger partial charge in [-0.1, -0.05) is 12.8 Å². The Balaban J connectivity index is 1.87. The highest BCUT2D eigenvalue weighted by Gasteiger charge is 2.24. The summed E-state index contributed by atoms with van der Waals surface area (Å²) in [7, 11) is 0. The maximum atomic E-state index is 12.1. The molecule has 0 atom stereocenters. The summed E-state index contributed by atoms with van der Waals surface area (Å²) in [5, 5.41) is 0. The number of rotatable bonds is 4. The Kier molecular flexibility index (Phi) is 4.37. The van der Waals surface area contributed by atoms with E-state index in [1.807, 2.05) is 49.4 Å². The molecule has 1 heterocycles. The SMILES string of the molecule is CCOC(=O)c1ccc2c(c1)nc(-c1ccc(N)cc1)n2C1CCCC1. The maximum absolute atomic E-state index is 12.1. The molecule has 0 bridgehead atoms. The van der Waals surface area contributed by atoms with E-state index in [-0.39, 0.29) is 5.97 Å². The summed E-state index contributed by atoms with van der Waals surface area (Å²) in [5.74, 6) is 0.631. The van der Waals surface area contributed by atoms with Gasteiger partial charge in [-0.05, 0) is 62.2 Å². The molecule has 1 aliphatic carbocycles. The van der Waals surface area contributed by atoms with Crippen LogP contribution in [0.4, 0.5) is 5.69 Å². The van der Waals surface area contributed by atoms with E-state index in [0.29, 0.717) is 18.2 Å². The Morgan fingerprint density at radius 1 is 1.19 bits per heavy atom. The third kappa shape index (κ3) is 2.94. The fraction of sp³-hybridized carbons (Fsp3) is 0.333. The highest BCUT2D eigenvalue weighted by molar-refractivity contribution is 5.94. The number of aromatic nitrogens is 2. The summed E-state index contributed by atoms with van der Waals surface area (Å²) >= 11 is 0. The van der Waals surface area contributed by atoms with Gasteiger partial charge in [0, 0.05) is 17.3 Å². The molecule has 2 aromatic carbocycles. The molecule has 4 rings (SSSR count). The van der Waals surface area contributed by atoms with Crippen LogP contribution in [0.15, 0.2) is 42.5 Å². The molecule has 0 aliphatic heterocycles. The number of nitrogens with zero attached hydrogens (tertiary/aromatic N) is 2. The number of anilines is 1. The minimum Gasteiger partial charge on any atom is -0.462 e. The van der Waals surface area contributed by atoms with Crippen LogP contribution >= 0.6 is 0 Å². The fourth-order valence-corrected chi connectivity index (χ4v) is 3.81. The lowest BCUT2D eigenvalue weighted by Gasteiger charge is -2.16. The van der Waals surface area contributed by atoms with Crippen molar-refractivity contribution in [1.29, 1.82) is 0 Å². The molecule has 26 heavy (non-hydrogen) atoms. The summed E-state index contributed by atoms with van der Waals surface area (Å²) in [6, 6.07) is 13.9. The molecule has 5 heteroatoms. The van der Waals surface area contributed by atoms with Gasteiger partial charge >= 0.3 is 5.97 Å². The van der Waals surface area contributed by atoms with Crippen molar-refractivity contribution in [2.75, 3.05) is 12.3 Å². The topological polar surface area (TPSA) is 70.1 Å². The van der Waals surface area contributed by atoms with Gasteiger partial charge in [-0.25, -0.2) is 9.78 Å². The van der Waals surface area contributed by atoms with Crippen molar-refractivity contribution in [1.82, 2.24) is 9.55 Å². The number of esters is 1. The van der Waals surface area contributed by atoms with E-state index in [0.717, 1.165) is 41.0 Å². The third-order valence-corrected chi connectivity index (χ3v) is 5.06. The van der Waals surface area contributed by atoms with E-state index in [1.54, 1.807) is 0 Å². The zero-order valence-corrected chi connectivity index (χ0v) is 14.9. The smallest absolute Gasteiger partial charge is 0.338 e. The number of nitrogens with two attached hydrogens (primary N) is 1. The van der Waals surface area contributed by atoms with Crippen LogP contribution in [0.1, 0.15) is 49.0 Å². The van der Waals surface area contributed by atoms with E-state index >= 15 is 0 Å². The van der Waals surface area contributed by atoms with Crippen LogP contribution in [0, 0.1) is 0 Å². The van der Waals surface area contributed by atoms with Crippen molar-refractivity contribution in [3.63, 3.8) is 0 Å². The largest absolute Gasteiger partial charge is 0.462 e. The Morgan fingerprint density at radius 2 is 1.92 bits per heavy atom. The average Bonchev–Trinajstić information content (AvgIpc) is 3.29. The molecule has 1 fully saturated rings. The first-order valence-electron chi connectivity index (χ1n) is 9.22. The van der Waals surface area contributed by atoms with E-state index in [4.69, 9.17) is 15.5 Å². The van der Waals surface area contributed by atoms with Crippen molar-refractivity contribution in [2.45, 2.75) is 38.6 Å². The average molecular weight is 349 g/mol. The molecule has 0 saturated heterocycles. The van der Waals surface area contributed by atoms with Crippen LogP contribution in [-0.4, -0.2) is 22.1 Å². The summed E-state index contributed by atoms with van der Waals surface area (Å²) in [6.45, 7) is 2.18. The molecule has 1 saturated carbocycles. The summed E-state index contributed by atoms with van der Waals surface area (Å²) in [5.41, 5.74) is 10.1. The fourth-order valence-electron chi connectivity index (χ4n) is 3.81. The quantitative estimate of drug-likeness (QED) is 0.553. The van der Waals surface area contributed by atoms with Crippen molar-refractivity contribution < 1.29 is 9.53 Å². The first-order chi connectivity index (χ1) is 12.7. The molecule has 0 spiro atoms. The minimum absolute atomic E-state index is 0.307.